The summed E-state index contributed by atoms with van der Waals surface area (Å²) in [4.78, 5) is 0. The molecule has 0 fully saturated rings. The van der Waals surface area contributed by atoms with Gasteiger partial charge in [-0.05, 0) is 80.6 Å². The molecule has 2 aromatic rings. The number of aliphatic hydroxyl groups is 3. The zero-order valence-electron chi connectivity index (χ0n) is 19.5. The molecule has 2 unspecified atom stereocenters. The molecule has 1 aliphatic heterocycles. The highest BCUT2D eigenvalue weighted by Crippen LogP contribution is 2.35. The summed E-state index contributed by atoms with van der Waals surface area (Å²) < 4.78 is 13.2. The Morgan fingerprint density at radius 2 is 1.66 bits per heavy atom. The molecule has 1 heterocycles. The molecule has 1 aliphatic rings. The highest BCUT2D eigenvalue weighted by atomic mass is 127. The molecule has 35 heavy (non-hydrogen) atoms. The van der Waals surface area contributed by atoms with Gasteiger partial charge in [0, 0.05) is 5.41 Å². The van der Waals surface area contributed by atoms with E-state index in [2.05, 4.69) is 76.1 Å². The van der Waals surface area contributed by atoms with Crippen LogP contribution in [0.25, 0.3) is 0 Å². The Hall–Kier alpha value is -1.03. The molecule has 3 rings (SSSR count). The molecular weight excluding hydrogens is 700 g/mol. The van der Waals surface area contributed by atoms with Gasteiger partial charge in [-0.2, -0.15) is 0 Å². The third-order valence-corrected chi connectivity index (χ3v) is 8.09. The van der Waals surface area contributed by atoms with Crippen LogP contribution in [0.3, 0.4) is 0 Å². The van der Waals surface area contributed by atoms with Crippen molar-refractivity contribution in [3.8, 4) is 11.5 Å². The van der Waals surface area contributed by atoms with E-state index in [1.54, 1.807) is 5.01 Å². The third kappa shape index (κ3) is 7.49. The van der Waals surface area contributed by atoms with Crippen molar-refractivity contribution in [1.82, 2.24) is 16.0 Å². The highest BCUT2D eigenvalue weighted by Gasteiger charge is 2.25. The number of alkyl halides is 1. The number of benzene rings is 2. The molecule has 2 aromatic carbocycles. The molecule has 0 saturated carbocycles. The number of nitrogens with one attached hydrogen (secondary N) is 2. The first-order chi connectivity index (χ1) is 16.6. The van der Waals surface area contributed by atoms with Crippen LogP contribution < -0.4 is 20.4 Å². The number of aliphatic hydroxyl groups excluding tert-OH is 3. The fourth-order valence-electron chi connectivity index (χ4n) is 3.46. The second kappa shape index (κ2) is 13.0. The number of ether oxygens (including phenoxy) is 2. The van der Waals surface area contributed by atoms with E-state index < -0.39 is 12.2 Å². The molecule has 0 aromatic heterocycles. The first-order valence-electron chi connectivity index (χ1n) is 11.0. The number of hydrogen-bond acceptors (Lipinski definition) is 8. The standard InChI is InChI=1S/C24H30ClI2N3O5/c1-24(2,15-3-6-19(7-4-15)34-13-17(32)10-25)16-5-8-22(20(26)9-16)35-14-18(33)11-30-23(27)21(12-31)28-29-30/h3-9,17-18,28-29,31-33H,10-14H2,1-2H3. The van der Waals surface area contributed by atoms with Gasteiger partial charge in [0.2, 0.25) is 0 Å². The third-order valence-electron chi connectivity index (χ3n) is 5.66. The van der Waals surface area contributed by atoms with Crippen LogP contribution in [0.5, 0.6) is 11.5 Å². The zero-order valence-corrected chi connectivity index (χ0v) is 24.5. The molecule has 0 spiro atoms. The Bertz CT molecular complexity index is 1020. The number of halogens is 3. The van der Waals surface area contributed by atoms with Gasteiger partial charge in [-0.15, -0.1) is 17.1 Å². The minimum absolute atomic E-state index is 0.105. The van der Waals surface area contributed by atoms with E-state index in [4.69, 9.17) is 21.1 Å². The van der Waals surface area contributed by atoms with Gasteiger partial charge in [0.05, 0.1) is 28.3 Å². The highest BCUT2D eigenvalue weighted by molar-refractivity contribution is 14.1. The average molecular weight is 730 g/mol. The van der Waals surface area contributed by atoms with Gasteiger partial charge < -0.3 is 30.2 Å². The van der Waals surface area contributed by atoms with Gasteiger partial charge in [0.25, 0.3) is 0 Å². The van der Waals surface area contributed by atoms with Crippen molar-refractivity contribution >= 4 is 56.8 Å². The van der Waals surface area contributed by atoms with Crippen LogP contribution in [0.2, 0.25) is 0 Å². The number of β-amino-alcohol motifs (C(OH)–C–C–N with tert-alkyl or cyclic N) is 1. The largest absolute Gasteiger partial charge is 0.491 e. The van der Waals surface area contributed by atoms with Gasteiger partial charge in [-0.25, -0.2) is 0 Å². The first kappa shape index (κ1) is 28.5. The molecule has 192 valence electrons. The summed E-state index contributed by atoms with van der Waals surface area (Å²) in [6, 6.07) is 13.9. The Balaban J connectivity index is 1.60. The van der Waals surface area contributed by atoms with Crippen molar-refractivity contribution in [1.29, 1.82) is 0 Å². The Kier molecular flexibility index (Phi) is 10.6. The van der Waals surface area contributed by atoms with Gasteiger partial charge in [-0.3, -0.25) is 5.01 Å². The van der Waals surface area contributed by atoms with Crippen LogP contribution in [-0.4, -0.2) is 64.8 Å². The summed E-state index contributed by atoms with van der Waals surface area (Å²) in [5.41, 5.74) is 8.44. The van der Waals surface area contributed by atoms with Crippen molar-refractivity contribution in [2.75, 3.05) is 32.2 Å². The fraction of sp³-hybridized carbons (Fsp3) is 0.417. The van der Waals surface area contributed by atoms with E-state index in [0.29, 0.717) is 23.7 Å². The predicted octanol–water partition coefficient (Wildman–Crippen LogP) is 3.26. The second-order valence-electron chi connectivity index (χ2n) is 8.65. The van der Waals surface area contributed by atoms with Crippen LogP contribution in [0, 0.1) is 3.57 Å². The lowest BCUT2D eigenvalue weighted by Gasteiger charge is -2.27. The van der Waals surface area contributed by atoms with Gasteiger partial charge in [-0.1, -0.05) is 32.0 Å². The van der Waals surface area contributed by atoms with E-state index in [1.807, 2.05) is 36.4 Å². The lowest BCUT2D eigenvalue weighted by molar-refractivity contribution is 0.0677. The Morgan fingerprint density at radius 3 is 2.26 bits per heavy atom. The van der Waals surface area contributed by atoms with E-state index in [-0.39, 0.29) is 31.1 Å². The fourth-order valence-corrected chi connectivity index (χ4v) is 4.84. The molecule has 8 nitrogen and oxygen atoms in total. The lowest BCUT2D eigenvalue weighted by atomic mass is 9.78. The summed E-state index contributed by atoms with van der Waals surface area (Å²) in [6.45, 7) is 4.80. The van der Waals surface area contributed by atoms with Crippen molar-refractivity contribution in [2.45, 2.75) is 31.5 Å². The molecule has 0 aliphatic carbocycles. The summed E-state index contributed by atoms with van der Waals surface area (Å²) in [7, 11) is 0. The molecule has 11 heteroatoms. The second-order valence-corrected chi connectivity index (χ2v) is 11.1. The molecule has 0 radical (unpaired) electrons. The maximum absolute atomic E-state index is 10.4. The molecule has 2 atom stereocenters. The molecular formula is C24H30ClI2N3O5. The summed E-state index contributed by atoms with van der Waals surface area (Å²) in [5, 5.41) is 31.0. The smallest absolute Gasteiger partial charge is 0.132 e. The average Bonchev–Trinajstić information content (AvgIpc) is 3.20. The Labute approximate surface area is 237 Å². The van der Waals surface area contributed by atoms with Crippen LogP contribution in [0.4, 0.5) is 0 Å². The van der Waals surface area contributed by atoms with Crippen molar-refractivity contribution in [2.24, 2.45) is 0 Å². The molecule has 0 amide bonds. The maximum atomic E-state index is 10.4. The van der Waals surface area contributed by atoms with E-state index in [9.17, 15) is 15.3 Å². The Morgan fingerprint density at radius 1 is 1.00 bits per heavy atom. The monoisotopic (exact) mass is 729 g/mol. The van der Waals surface area contributed by atoms with Crippen LogP contribution in [0.15, 0.2) is 51.9 Å². The van der Waals surface area contributed by atoms with Crippen LogP contribution in [0.1, 0.15) is 25.0 Å². The van der Waals surface area contributed by atoms with E-state index in [1.165, 1.54) is 0 Å². The van der Waals surface area contributed by atoms with Crippen molar-refractivity contribution in [3.05, 3.63) is 66.6 Å². The zero-order chi connectivity index (χ0) is 25.6. The molecule has 0 saturated heterocycles. The number of hydrogen-bond donors (Lipinski definition) is 5. The van der Waals surface area contributed by atoms with Gasteiger partial charge >= 0.3 is 0 Å². The van der Waals surface area contributed by atoms with Crippen molar-refractivity contribution < 1.29 is 24.8 Å². The van der Waals surface area contributed by atoms with Gasteiger partial charge in [0.1, 0.15) is 40.6 Å². The number of rotatable bonds is 12. The summed E-state index contributed by atoms with van der Waals surface area (Å²) in [6.07, 6.45) is -1.42. The molecule has 0 bridgehead atoms. The molecule has 5 N–H and O–H groups in total. The quantitative estimate of drug-likeness (QED) is 0.129. The normalized spacial score (nSPS) is 15.7. The number of hydrazine groups is 2. The van der Waals surface area contributed by atoms with Crippen molar-refractivity contribution in [3.63, 3.8) is 0 Å². The minimum Gasteiger partial charge on any atom is -0.491 e. The van der Waals surface area contributed by atoms with Crippen LogP contribution >= 0.6 is 56.8 Å². The summed E-state index contributed by atoms with van der Waals surface area (Å²) in [5.74, 6) is 1.53. The predicted molar refractivity (Wildman–Crippen MR) is 153 cm³/mol. The maximum Gasteiger partial charge on any atom is 0.132 e. The van der Waals surface area contributed by atoms with E-state index in [0.717, 1.165) is 18.4 Å². The van der Waals surface area contributed by atoms with Crippen LogP contribution in [-0.2, 0) is 5.41 Å². The lowest BCUT2D eigenvalue weighted by Crippen LogP contribution is -2.43. The van der Waals surface area contributed by atoms with E-state index >= 15 is 0 Å². The number of nitrogens with zero attached hydrogens (tertiary/aromatic N) is 1. The summed E-state index contributed by atoms with van der Waals surface area (Å²) >= 11 is 9.97. The topological polar surface area (TPSA) is 106 Å². The SMILES string of the molecule is CC(C)(c1ccc(OCC(O)CCl)cc1)c1ccc(OCC(O)CN2NNC(CO)=C2I)c(I)c1. The van der Waals surface area contributed by atoms with Gasteiger partial charge in [0.15, 0.2) is 0 Å². The first-order valence-corrected chi connectivity index (χ1v) is 13.7. The minimum atomic E-state index is -0.731.